The monoisotopic (exact) mass is 297 g/mol. The Morgan fingerprint density at radius 2 is 2.48 bits per heavy atom. The highest BCUT2D eigenvalue weighted by Crippen LogP contribution is 2.39. The first kappa shape index (κ1) is 14.5. The lowest BCUT2D eigenvalue weighted by atomic mass is 10.1. The average Bonchev–Trinajstić information content (AvgIpc) is 3.10. The molecule has 1 aromatic rings. The van der Waals surface area contributed by atoms with Gasteiger partial charge in [-0.25, -0.2) is 4.39 Å². The molecule has 6 nitrogen and oxygen atoms in total. The summed E-state index contributed by atoms with van der Waals surface area (Å²) in [7, 11) is 1.65. The van der Waals surface area contributed by atoms with Crippen molar-refractivity contribution in [1.82, 2.24) is 15.1 Å². The normalized spacial score (nSPS) is 22.7. The van der Waals surface area contributed by atoms with Crippen molar-refractivity contribution in [3.63, 3.8) is 0 Å². The molecule has 1 fully saturated rings. The summed E-state index contributed by atoms with van der Waals surface area (Å²) >= 11 is 0. The minimum Gasteiger partial charge on any atom is -0.383 e. The van der Waals surface area contributed by atoms with Gasteiger partial charge in [0.2, 0.25) is 0 Å². The van der Waals surface area contributed by atoms with E-state index in [0.29, 0.717) is 32.6 Å². The zero-order valence-corrected chi connectivity index (χ0v) is 12.1. The largest absolute Gasteiger partial charge is 0.383 e. The predicted octanol–water partition coefficient (Wildman–Crippen LogP) is 0.762. The number of rotatable bonds is 6. The maximum Gasteiger partial charge on any atom is 0.257 e. The van der Waals surface area contributed by atoms with E-state index in [1.54, 1.807) is 7.11 Å². The summed E-state index contributed by atoms with van der Waals surface area (Å²) in [6.07, 6.45) is 3.13. The van der Waals surface area contributed by atoms with E-state index >= 15 is 0 Å². The molecular formula is C14H20FN3O3. The van der Waals surface area contributed by atoms with E-state index in [1.165, 1.54) is 0 Å². The first-order valence-corrected chi connectivity index (χ1v) is 7.26. The van der Waals surface area contributed by atoms with Gasteiger partial charge in [0.1, 0.15) is 6.10 Å². The molecule has 21 heavy (non-hydrogen) atoms. The summed E-state index contributed by atoms with van der Waals surface area (Å²) in [5, 5.41) is 7.13. The molecule has 1 atom stereocenters. The van der Waals surface area contributed by atoms with Crippen LogP contribution < -0.4 is 5.32 Å². The number of hydrogen-bond donors (Lipinski definition) is 1. The fourth-order valence-electron chi connectivity index (χ4n) is 2.47. The van der Waals surface area contributed by atoms with Crippen LogP contribution >= 0.6 is 0 Å². The van der Waals surface area contributed by atoms with Gasteiger partial charge in [-0.3, -0.25) is 9.48 Å². The van der Waals surface area contributed by atoms with Gasteiger partial charge in [0, 0.05) is 19.9 Å². The van der Waals surface area contributed by atoms with Gasteiger partial charge in [-0.15, -0.1) is 0 Å². The Bertz CT molecular complexity index is 528. The Hall–Kier alpha value is -1.47. The van der Waals surface area contributed by atoms with Crippen LogP contribution in [-0.2, 0) is 27.2 Å². The van der Waals surface area contributed by atoms with Gasteiger partial charge in [0.05, 0.1) is 25.5 Å². The van der Waals surface area contributed by atoms with Crippen LogP contribution in [0.25, 0.3) is 0 Å². The van der Waals surface area contributed by atoms with Gasteiger partial charge in [-0.2, -0.15) is 5.10 Å². The lowest BCUT2D eigenvalue weighted by molar-refractivity contribution is -0.128. The van der Waals surface area contributed by atoms with E-state index in [9.17, 15) is 9.18 Å². The summed E-state index contributed by atoms with van der Waals surface area (Å²) in [5.74, 6) is -0.531. The van der Waals surface area contributed by atoms with Crippen molar-refractivity contribution in [3.8, 4) is 0 Å². The van der Waals surface area contributed by atoms with E-state index in [1.807, 2.05) is 10.9 Å². The zero-order valence-electron chi connectivity index (χ0n) is 12.1. The lowest BCUT2D eigenvalue weighted by Crippen LogP contribution is -2.37. The highest BCUT2D eigenvalue weighted by Gasteiger charge is 2.50. The van der Waals surface area contributed by atoms with Gasteiger partial charge >= 0.3 is 0 Å². The number of alkyl halides is 1. The SMILES string of the molecule is COCCn1cc2c(n1)C(CNC(=O)C1(F)CC1)OCC2. The van der Waals surface area contributed by atoms with E-state index < -0.39 is 11.6 Å². The summed E-state index contributed by atoms with van der Waals surface area (Å²) in [6.45, 7) is 2.12. The first-order valence-electron chi connectivity index (χ1n) is 7.26. The Morgan fingerprint density at radius 3 is 3.19 bits per heavy atom. The van der Waals surface area contributed by atoms with E-state index in [0.717, 1.165) is 17.7 Å². The van der Waals surface area contributed by atoms with Crippen molar-refractivity contribution < 1.29 is 18.7 Å². The molecule has 2 aliphatic rings. The maximum atomic E-state index is 13.6. The van der Waals surface area contributed by atoms with Crippen molar-refractivity contribution in [2.75, 3.05) is 26.9 Å². The number of amides is 1. The Labute approximate surface area is 122 Å². The van der Waals surface area contributed by atoms with Crippen molar-refractivity contribution in [1.29, 1.82) is 0 Å². The van der Waals surface area contributed by atoms with Crippen LogP contribution in [0.4, 0.5) is 4.39 Å². The smallest absolute Gasteiger partial charge is 0.257 e. The molecule has 1 amide bonds. The molecule has 1 aliphatic heterocycles. The molecule has 0 aromatic carbocycles. The fourth-order valence-corrected chi connectivity index (χ4v) is 2.47. The number of nitrogens with zero attached hydrogens (tertiary/aromatic N) is 2. The third-order valence-electron chi connectivity index (χ3n) is 3.93. The van der Waals surface area contributed by atoms with Crippen molar-refractivity contribution in [2.24, 2.45) is 0 Å². The molecule has 0 spiro atoms. The molecule has 116 valence electrons. The van der Waals surface area contributed by atoms with E-state index in [4.69, 9.17) is 9.47 Å². The second-order valence-corrected chi connectivity index (χ2v) is 5.58. The fraction of sp³-hybridized carbons (Fsp3) is 0.714. The number of ether oxygens (including phenoxy) is 2. The lowest BCUT2D eigenvalue weighted by Gasteiger charge is -2.22. The number of hydrogen-bond acceptors (Lipinski definition) is 4. The van der Waals surface area contributed by atoms with Gasteiger partial charge in [-0.1, -0.05) is 0 Å². The molecule has 1 unspecified atom stereocenters. The van der Waals surface area contributed by atoms with E-state index in [-0.39, 0.29) is 12.6 Å². The average molecular weight is 297 g/mol. The van der Waals surface area contributed by atoms with Crippen molar-refractivity contribution in [3.05, 3.63) is 17.5 Å². The Balaban J connectivity index is 1.62. The predicted molar refractivity (Wildman–Crippen MR) is 72.6 cm³/mol. The molecule has 1 aromatic heterocycles. The van der Waals surface area contributed by atoms with Crippen LogP contribution in [0, 0.1) is 0 Å². The number of halogens is 1. The number of carbonyl (C=O) groups excluding carboxylic acids is 1. The molecule has 2 heterocycles. The standard InChI is InChI=1S/C14H20FN3O3/c1-20-7-5-18-9-10-2-6-21-11(12(10)17-18)8-16-13(19)14(15)3-4-14/h9,11H,2-8H2,1H3,(H,16,19). The zero-order chi connectivity index (χ0) is 14.9. The summed E-state index contributed by atoms with van der Waals surface area (Å²) in [4.78, 5) is 11.6. The topological polar surface area (TPSA) is 65.4 Å². The van der Waals surface area contributed by atoms with Crippen molar-refractivity contribution >= 4 is 5.91 Å². The number of aromatic nitrogens is 2. The quantitative estimate of drug-likeness (QED) is 0.842. The Kier molecular flexibility index (Phi) is 3.95. The number of methoxy groups -OCH3 is 1. The first-order chi connectivity index (χ1) is 10.1. The highest BCUT2D eigenvalue weighted by molar-refractivity contribution is 5.87. The molecule has 1 saturated carbocycles. The van der Waals surface area contributed by atoms with Gasteiger partial charge in [0.25, 0.3) is 5.91 Å². The molecule has 1 aliphatic carbocycles. The molecular weight excluding hydrogens is 277 g/mol. The summed E-state index contributed by atoms with van der Waals surface area (Å²) < 4.78 is 26.1. The van der Waals surface area contributed by atoms with E-state index in [2.05, 4.69) is 10.4 Å². The van der Waals surface area contributed by atoms with Crippen LogP contribution in [0.15, 0.2) is 6.20 Å². The molecule has 3 rings (SSSR count). The van der Waals surface area contributed by atoms with Gasteiger partial charge < -0.3 is 14.8 Å². The number of nitrogens with one attached hydrogen (secondary N) is 1. The highest BCUT2D eigenvalue weighted by atomic mass is 19.1. The van der Waals surface area contributed by atoms with Crippen LogP contribution in [0.2, 0.25) is 0 Å². The summed E-state index contributed by atoms with van der Waals surface area (Å²) in [6, 6.07) is 0. The van der Waals surface area contributed by atoms with Gasteiger partial charge in [0.15, 0.2) is 5.67 Å². The molecule has 0 saturated heterocycles. The van der Waals surface area contributed by atoms with Crippen LogP contribution in [0.5, 0.6) is 0 Å². The third kappa shape index (κ3) is 3.08. The third-order valence-corrected chi connectivity index (χ3v) is 3.93. The van der Waals surface area contributed by atoms with Gasteiger partial charge in [-0.05, 0) is 24.8 Å². The van der Waals surface area contributed by atoms with Crippen LogP contribution in [-0.4, -0.2) is 48.2 Å². The Morgan fingerprint density at radius 1 is 1.67 bits per heavy atom. The number of carbonyl (C=O) groups is 1. The molecule has 0 radical (unpaired) electrons. The van der Waals surface area contributed by atoms with Crippen LogP contribution in [0.3, 0.4) is 0 Å². The summed E-state index contributed by atoms with van der Waals surface area (Å²) in [5.41, 5.74) is 0.314. The molecule has 0 bridgehead atoms. The maximum absolute atomic E-state index is 13.6. The minimum atomic E-state index is -1.64. The minimum absolute atomic E-state index is 0.263. The van der Waals surface area contributed by atoms with Crippen LogP contribution in [0.1, 0.15) is 30.2 Å². The second kappa shape index (κ2) is 5.73. The molecule has 7 heteroatoms. The second-order valence-electron chi connectivity index (χ2n) is 5.58. The number of fused-ring (bicyclic) bond motifs is 1. The molecule has 1 N–H and O–H groups in total. The van der Waals surface area contributed by atoms with Crippen molar-refractivity contribution in [2.45, 2.75) is 37.6 Å².